The zero-order chi connectivity index (χ0) is 63.6. The molecule has 1 saturated carbocycles. The fourth-order valence-corrected chi connectivity index (χ4v) is 9.85. The molecular formula is C53H66N20O16. The van der Waals surface area contributed by atoms with E-state index in [-0.39, 0.29) is 93.0 Å². The molecule has 11 heterocycles. The number of allylic oxidation sites excluding steroid dienone is 1. The Morgan fingerprint density at radius 3 is 1.88 bits per heavy atom. The van der Waals surface area contributed by atoms with Crippen LogP contribution in [0.5, 0.6) is 0 Å². The van der Waals surface area contributed by atoms with Gasteiger partial charge < -0.3 is 75.9 Å². The Bertz CT molecular complexity index is 4140. The molecule has 0 radical (unpaired) electrons. The first-order valence-corrected chi connectivity index (χ1v) is 27.9. The fourth-order valence-electron chi connectivity index (χ4n) is 9.85. The molecule has 2 saturated heterocycles. The van der Waals surface area contributed by atoms with Crippen LogP contribution in [0.4, 0.5) is 17.6 Å². The van der Waals surface area contributed by atoms with Crippen molar-refractivity contribution in [3.63, 3.8) is 0 Å². The summed E-state index contributed by atoms with van der Waals surface area (Å²) in [5.41, 5.74) is 19.9. The van der Waals surface area contributed by atoms with Gasteiger partial charge in [0.15, 0.2) is 40.6 Å². The molecule has 2 aliphatic carbocycles. The topological polar surface area (TPSA) is 523 Å². The standard InChI is InChI=1S/C14H18N6O.C10H13N5O4.C10H10N4O3.C10H12N2O4.C9H13N3O4/c15-14-18-12(17-9-2-3-9)11-13(19-14)20(7-16-11)10-4-1-8(5-10)6-21;1-5-3-15(10(18)12-9(5)17)8-2-6(13-14-11)7(4-16)19-8;15-3-6-1-2-7(17-6)14-5-13-8-9(14)11-4-12-10(8)16;1-6-4-12(10(15)11-9(6)14)8-3-2-7(5-13)16-8;10-7-1-2-12(9(15)11-7)8-3-5(14)6(4-13)16-8/h1,4,7-10,21H,2-3,5-6H2,(H3,15,17,18,19);3,6-8,16H,2,4H2,1H3,(H,12,17,18);1-2,4-7,15H,3H2,(H,11,12,16);2-4,7-8,13H,5H2,1H3,(H,11,14,15);1-2,5-6,8,13-14H,3-4H2,(H2,10,11,15)/t8-,10+;6-,7+,8+;6-,7+;7-,8+;5-,6+,8+/m10000/s1. The number of anilines is 3. The molecule has 0 unspecified atom stereocenters. The van der Waals surface area contributed by atoms with Crippen LogP contribution in [0.15, 0.2) is 114 Å². The van der Waals surface area contributed by atoms with Crippen molar-refractivity contribution in [1.29, 1.82) is 0 Å². The van der Waals surface area contributed by atoms with Crippen molar-refractivity contribution in [2.75, 3.05) is 49.8 Å². The first kappa shape index (κ1) is 64.2. The molecule has 89 heavy (non-hydrogen) atoms. The maximum absolute atomic E-state index is 11.7. The summed E-state index contributed by atoms with van der Waals surface area (Å²) >= 11 is 0. The number of imidazole rings is 2. The van der Waals surface area contributed by atoms with Crippen LogP contribution in [-0.2, 0) is 18.9 Å². The van der Waals surface area contributed by atoms with Gasteiger partial charge in [0, 0.05) is 66.0 Å². The van der Waals surface area contributed by atoms with Crippen LogP contribution >= 0.6 is 0 Å². The van der Waals surface area contributed by atoms with Crippen LogP contribution in [0.2, 0.25) is 0 Å². The number of nitrogens with two attached hydrogens (primary N) is 2. The fraction of sp³-hybridized carbons (Fsp3) is 0.472. The highest BCUT2D eigenvalue weighted by Crippen LogP contribution is 2.34. The number of nitrogen functional groups attached to an aromatic ring is 2. The maximum atomic E-state index is 11.7. The number of fused-ring (bicyclic) bond motifs is 2. The van der Waals surface area contributed by atoms with Gasteiger partial charge in [-0.1, -0.05) is 29.4 Å². The van der Waals surface area contributed by atoms with E-state index in [4.69, 9.17) is 56.4 Å². The molecule has 4 aliphatic heterocycles. The number of aromatic amines is 3. The number of nitrogens with zero attached hydrogens (tertiary/aromatic N) is 14. The van der Waals surface area contributed by atoms with Gasteiger partial charge in [0.1, 0.15) is 36.6 Å². The lowest BCUT2D eigenvalue weighted by Gasteiger charge is -2.14. The zero-order valence-electron chi connectivity index (χ0n) is 47.8. The van der Waals surface area contributed by atoms with Crippen molar-refractivity contribution in [2.24, 2.45) is 11.0 Å². The maximum Gasteiger partial charge on any atom is 0.351 e. The zero-order valence-corrected chi connectivity index (χ0v) is 47.8. The van der Waals surface area contributed by atoms with E-state index in [0.29, 0.717) is 22.8 Å². The van der Waals surface area contributed by atoms with E-state index < -0.39 is 77.3 Å². The molecule has 0 bridgehead atoms. The Morgan fingerprint density at radius 1 is 0.663 bits per heavy atom. The van der Waals surface area contributed by atoms with E-state index in [9.17, 15) is 39.0 Å². The minimum Gasteiger partial charge on any atom is -0.396 e. The second-order valence-corrected chi connectivity index (χ2v) is 21.1. The van der Waals surface area contributed by atoms with Gasteiger partial charge in [-0.05, 0) is 56.9 Å². The van der Waals surface area contributed by atoms with Crippen molar-refractivity contribution in [2.45, 2.75) is 120 Å². The molecule has 12 atom stereocenters. The third-order valence-electron chi connectivity index (χ3n) is 14.7. The lowest BCUT2D eigenvalue weighted by atomic mass is 10.1. The van der Waals surface area contributed by atoms with Gasteiger partial charge in [-0.15, -0.1) is 0 Å². The summed E-state index contributed by atoms with van der Waals surface area (Å²) in [6, 6.07) is 1.58. The van der Waals surface area contributed by atoms with Gasteiger partial charge in [-0.2, -0.15) is 15.0 Å². The summed E-state index contributed by atoms with van der Waals surface area (Å²) < 4.78 is 29.1. The Hall–Kier alpha value is -9.33. The van der Waals surface area contributed by atoms with E-state index in [2.05, 4.69) is 66.3 Å². The van der Waals surface area contributed by atoms with Crippen molar-refractivity contribution >= 4 is 39.9 Å². The van der Waals surface area contributed by atoms with E-state index in [1.54, 1.807) is 49.0 Å². The summed E-state index contributed by atoms with van der Waals surface area (Å²) in [4.78, 5) is 103. The molecule has 0 aromatic carbocycles. The molecule has 0 spiro atoms. The van der Waals surface area contributed by atoms with Crippen LogP contribution in [0.1, 0.15) is 74.2 Å². The number of H-pyrrole nitrogens is 3. The quantitative estimate of drug-likeness (QED) is 0.0263. The predicted molar refractivity (Wildman–Crippen MR) is 313 cm³/mol. The number of rotatable bonds is 13. The molecule has 3 fully saturated rings. The van der Waals surface area contributed by atoms with Crippen molar-refractivity contribution in [3.05, 3.63) is 164 Å². The van der Waals surface area contributed by atoms with Crippen molar-refractivity contribution < 1.29 is 49.6 Å². The van der Waals surface area contributed by atoms with Crippen molar-refractivity contribution in [3.8, 4) is 0 Å². The Morgan fingerprint density at radius 2 is 1.28 bits per heavy atom. The monoisotopic (exact) mass is 1240 g/mol. The molecule has 6 aliphatic rings. The SMILES string of the molecule is Cc1cn([C@H]2C=C[C@@H](CO)O2)c(=O)[nH]c1=O.Cc1cn([C@H]2C[C@H](N=[N+]=[N-])[C@@H](CO)O2)c(=O)[nH]c1=O.Nc1ccn([C@H]2C[C@H](O)[C@@H](CO)O2)c(=O)n1.Nc1nc(NC2CC2)c2ncn([C@H]3C=C[C@@H](CO)C3)c2n1.O=c1[nH]cnc2c1ncn2[C@H]1C=C[C@@H](CO)O1. The Labute approximate surface area is 500 Å². The van der Waals surface area contributed by atoms with E-state index in [0.717, 1.165) is 36.2 Å². The highest BCUT2D eigenvalue weighted by Gasteiger charge is 2.37. The summed E-state index contributed by atoms with van der Waals surface area (Å²) in [6.07, 6.45) is 18.6. The van der Waals surface area contributed by atoms with Gasteiger partial charge in [0.2, 0.25) is 5.95 Å². The molecule has 7 aromatic rings. The average molecular weight is 1240 g/mol. The first-order valence-electron chi connectivity index (χ1n) is 27.9. The molecule has 36 nitrogen and oxygen atoms in total. The number of aliphatic hydroxyl groups excluding tert-OH is 6. The predicted octanol–water partition coefficient (Wildman–Crippen LogP) is -1.78. The molecule has 13 rings (SSSR count). The molecule has 474 valence electrons. The largest absolute Gasteiger partial charge is 0.396 e. The van der Waals surface area contributed by atoms with Crippen LogP contribution in [0.25, 0.3) is 32.8 Å². The van der Waals surface area contributed by atoms with Crippen LogP contribution < -0.4 is 50.5 Å². The number of nitrogens with one attached hydrogen (secondary N) is 4. The lowest BCUT2D eigenvalue weighted by molar-refractivity contribution is -0.0458. The molecule has 14 N–H and O–H groups in total. The third kappa shape index (κ3) is 15.2. The lowest BCUT2D eigenvalue weighted by Crippen LogP contribution is -2.33. The molecule has 36 heteroatoms. The second kappa shape index (κ2) is 28.7. The molecular weight excluding hydrogens is 1170 g/mol. The van der Waals surface area contributed by atoms with Crippen LogP contribution in [0, 0.1) is 19.8 Å². The second-order valence-electron chi connectivity index (χ2n) is 21.1. The van der Waals surface area contributed by atoms with Gasteiger partial charge in [-0.25, -0.2) is 29.3 Å². The van der Waals surface area contributed by atoms with Gasteiger partial charge >= 0.3 is 17.1 Å². The highest BCUT2D eigenvalue weighted by atomic mass is 16.5. The first-order chi connectivity index (χ1) is 42.8. The van der Waals surface area contributed by atoms with Gasteiger partial charge in [0.05, 0.1) is 69.7 Å². The van der Waals surface area contributed by atoms with E-state index in [1.807, 2.05) is 10.6 Å². The minimum absolute atomic E-state index is 0.0758. The van der Waals surface area contributed by atoms with E-state index in [1.165, 1.54) is 51.0 Å². The highest BCUT2D eigenvalue weighted by molar-refractivity contribution is 5.84. The smallest absolute Gasteiger partial charge is 0.351 e. The molecule has 0 amide bonds. The number of aromatic nitrogens is 14. The number of aliphatic hydroxyl groups is 6. The number of ether oxygens (including phenoxy) is 4. The molecule has 7 aromatic heterocycles. The Balaban J connectivity index is 0.000000133. The number of hydrogen-bond acceptors (Lipinski definition) is 26. The normalized spacial score (nSPS) is 25.5. The summed E-state index contributed by atoms with van der Waals surface area (Å²) in [5.74, 6) is 1.32. The van der Waals surface area contributed by atoms with Crippen LogP contribution in [0.3, 0.4) is 0 Å². The van der Waals surface area contributed by atoms with E-state index >= 15 is 0 Å². The minimum atomic E-state index is -0.778. The number of azide groups is 1. The van der Waals surface area contributed by atoms with Gasteiger partial charge in [-0.3, -0.25) is 42.6 Å². The number of aryl methyl sites for hydroxylation is 2. The summed E-state index contributed by atoms with van der Waals surface area (Å²) in [5, 5.41) is 61.6. The van der Waals surface area contributed by atoms with Crippen LogP contribution in [-0.4, -0.2) is 174 Å². The Kier molecular flexibility index (Phi) is 20.7. The summed E-state index contributed by atoms with van der Waals surface area (Å²) in [7, 11) is 0. The van der Waals surface area contributed by atoms with Crippen molar-refractivity contribution in [1.82, 2.24) is 67.7 Å². The third-order valence-corrected chi connectivity index (χ3v) is 14.7. The van der Waals surface area contributed by atoms with Gasteiger partial charge in [0.25, 0.3) is 16.7 Å². The number of hydrogen-bond donors (Lipinski definition) is 12. The average Bonchev–Trinajstić information content (AvgIpc) is 3.34. The summed E-state index contributed by atoms with van der Waals surface area (Å²) in [6.45, 7) is 2.55.